The van der Waals surface area contributed by atoms with Crippen LogP contribution in [0.5, 0.6) is 0 Å². The Bertz CT molecular complexity index is 975. The van der Waals surface area contributed by atoms with Crippen LogP contribution in [0.2, 0.25) is 0 Å². The topological polar surface area (TPSA) is 87.9 Å². The lowest BCUT2D eigenvalue weighted by atomic mass is 10.2. The summed E-state index contributed by atoms with van der Waals surface area (Å²) in [5.41, 5.74) is 0.638. The Balaban J connectivity index is 1.41. The zero-order valence-electron chi connectivity index (χ0n) is 13.8. The average molecular weight is 337 g/mol. The molecule has 3 heterocycles. The van der Waals surface area contributed by atoms with E-state index in [4.69, 9.17) is 4.52 Å². The molecule has 0 unspecified atom stereocenters. The van der Waals surface area contributed by atoms with Crippen molar-refractivity contribution < 1.29 is 4.52 Å². The maximum absolute atomic E-state index is 12.3. The number of benzene rings is 1. The summed E-state index contributed by atoms with van der Waals surface area (Å²) in [6, 6.07) is 7.55. The monoisotopic (exact) mass is 337 g/mol. The maximum atomic E-state index is 12.3. The summed E-state index contributed by atoms with van der Waals surface area (Å²) in [5, 5.41) is 4.82. The van der Waals surface area contributed by atoms with E-state index < -0.39 is 0 Å². The fourth-order valence-electron chi connectivity index (χ4n) is 3.59. The van der Waals surface area contributed by atoms with Crippen LogP contribution >= 0.6 is 0 Å². The summed E-state index contributed by atoms with van der Waals surface area (Å²) < 4.78 is 5.42. The molecule has 2 aliphatic rings. The molecule has 25 heavy (non-hydrogen) atoms. The number of aromatic nitrogens is 4. The van der Waals surface area contributed by atoms with E-state index in [9.17, 15) is 4.79 Å². The second kappa shape index (κ2) is 5.77. The molecule has 0 bridgehead atoms. The molecule has 2 aromatic heterocycles. The Labute approximate surface area is 144 Å². The number of nitrogens with one attached hydrogen (secondary N) is 1. The molecule has 5 rings (SSSR count). The van der Waals surface area contributed by atoms with Gasteiger partial charge in [0.25, 0.3) is 5.56 Å². The molecule has 1 aromatic carbocycles. The fourth-order valence-corrected chi connectivity index (χ4v) is 3.59. The molecule has 0 amide bonds. The van der Waals surface area contributed by atoms with Gasteiger partial charge in [-0.1, -0.05) is 17.3 Å². The molecule has 1 saturated heterocycles. The predicted octanol–water partition coefficient (Wildman–Crippen LogP) is 2.52. The smallest absolute Gasteiger partial charge is 0.258 e. The van der Waals surface area contributed by atoms with Gasteiger partial charge < -0.3 is 9.51 Å². The van der Waals surface area contributed by atoms with Gasteiger partial charge in [-0.25, -0.2) is 4.98 Å². The number of hydrogen-bond acceptors (Lipinski definition) is 6. The molecule has 1 atom stereocenters. The van der Waals surface area contributed by atoms with Crippen LogP contribution in [0.25, 0.3) is 10.9 Å². The third-order valence-electron chi connectivity index (χ3n) is 5.06. The van der Waals surface area contributed by atoms with Crippen molar-refractivity contribution in [3.8, 4) is 0 Å². The largest absolute Gasteiger partial charge is 0.339 e. The third-order valence-corrected chi connectivity index (χ3v) is 5.06. The summed E-state index contributed by atoms with van der Waals surface area (Å²) in [6.45, 7) is 1.52. The van der Waals surface area contributed by atoms with Gasteiger partial charge in [0, 0.05) is 5.92 Å². The maximum Gasteiger partial charge on any atom is 0.258 e. The van der Waals surface area contributed by atoms with E-state index in [-0.39, 0.29) is 11.6 Å². The molecule has 1 aliphatic heterocycles. The van der Waals surface area contributed by atoms with Crippen molar-refractivity contribution in [2.45, 2.75) is 44.2 Å². The number of rotatable bonds is 4. The van der Waals surface area contributed by atoms with Gasteiger partial charge in [-0.3, -0.25) is 9.69 Å². The van der Waals surface area contributed by atoms with Gasteiger partial charge in [0.1, 0.15) is 5.82 Å². The quantitative estimate of drug-likeness (QED) is 0.787. The Hall–Kier alpha value is -2.54. The second-order valence-corrected chi connectivity index (χ2v) is 6.92. The number of H-pyrrole nitrogens is 1. The Morgan fingerprint density at radius 1 is 1.20 bits per heavy atom. The van der Waals surface area contributed by atoms with Crippen molar-refractivity contribution in [3.05, 3.63) is 52.2 Å². The van der Waals surface area contributed by atoms with E-state index in [1.807, 2.05) is 18.2 Å². The standard InChI is InChI=1S/C18H19N5O2/c24-17-12-4-1-2-5-13(12)19-15(20-17)10-23-9-3-6-14(23)16-21-18(25-22-16)11-7-8-11/h1-2,4-5,11,14H,3,6-10H2,(H,19,20,24)/t14-/m0/s1. The van der Waals surface area contributed by atoms with Crippen molar-refractivity contribution in [2.75, 3.05) is 6.54 Å². The summed E-state index contributed by atoms with van der Waals surface area (Å²) >= 11 is 0. The molecular formula is C18H19N5O2. The van der Waals surface area contributed by atoms with Crippen LogP contribution in [0.1, 0.15) is 55.2 Å². The number of likely N-dealkylation sites (tertiary alicyclic amines) is 1. The highest BCUT2D eigenvalue weighted by Crippen LogP contribution is 2.40. The third kappa shape index (κ3) is 2.74. The van der Waals surface area contributed by atoms with Gasteiger partial charge in [-0.2, -0.15) is 4.98 Å². The summed E-state index contributed by atoms with van der Waals surface area (Å²) in [7, 11) is 0. The van der Waals surface area contributed by atoms with Crippen LogP contribution in [0.4, 0.5) is 0 Å². The molecule has 128 valence electrons. The fraction of sp³-hybridized carbons (Fsp3) is 0.444. The lowest BCUT2D eigenvalue weighted by Crippen LogP contribution is -2.26. The van der Waals surface area contributed by atoms with Crippen LogP contribution in [0, 0.1) is 0 Å². The van der Waals surface area contributed by atoms with Gasteiger partial charge >= 0.3 is 0 Å². The average Bonchev–Trinajstić information content (AvgIpc) is 3.17. The first-order valence-electron chi connectivity index (χ1n) is 8.83. The van der Waals surface area contributed by atoms with Crippen molar-refractivity contribution in [2.24, 2.45) is 0 Å². The van der Waals surface area contributed by atoms with Gasteiger partial charge in [-0.15, -0.1) is 0 Å². The molecular weight excluding hydrogens is 318 g/mol. The lowest BCUT2D eigenvalue weighted by molar-refractivity contribution is 0.228. The molecule has 0 spiro atoms. The molecule has 1 saturated carbocycles. The molecule has 7 heteroatoms. The minimum atomic E-state index is -0.0908. The van der Waals surface area contributed by atoms with E-state index >= 15 is 0 Å². The first kappa shape index (κ1) is 14.8. The predicted molar refractivity (Wildman–Crippen MR) is 91.0 cm³/mol. The first-order chi connectivity index (χ1) is 12.3. The molecule has 0 radical (unpaired) electrons. The Morgan fingerprint density at radius 2 is 2.08 bits per heavy atom. The first-order valence-corrected chi connectivity index (χ1v) is 8.83. The van der Waals surface area contributed by atoms with E-state index in [1.54, 1.807) is 6.07 Å². The molecule has 1 N–H and O–H groups in total. The number of fused-ring (bicyclic) bond motifs is 1. The highest BCUT2D eigenvalue weighted by atomic mass is 16.5. The van der Waals surface area contributed by atoms with Gasteiger partial charge in [0.05, 0.1) is 23.5 Å². The van der Waals surface area contributed by atoms with Gasteiger partial charge in [0.2, 0.25) is 5.89 Å². The van der Waals surface area contributed by atoms with E-state index in [2.05, 4.69) is 25.0 Å². The van der Waals surface area contributed by atoms with Crippen LogP contribution < -0.4 is 5.56 Å². The van der Waals surface area contributed by atoms with Gasteiger partial charge in [0.15, 0.2) is 5.82 Å². The van der Waals surface area contributed by atoms with Crippen molar-refractivity contribution in [1.82, 2.24) is 25.0 Å². The molecule has 3 aromatic rings. The number of aromatic amines is 1. The summed E-state index contributed by atoms with van der Waals surface area (Å²) in [6.07, 6.45) is 4.38. The van der Waals surface area contributed by atoms with Gasteiger partial charge in [-0.05, 0) is 44.4 Å². The Morgan fingerprint density at radius 3 is 2.96 bits per heavy atom. The van der Waals surface area contributed by atoms with E-state index in [1.165, 1.54) is 0 Å². The number of nitrogens with zero attached hydrogens (tertiary/aromatic N) is 4. The van der Waals surface area contributed by atoms with Crippen LogP contribution in [0.15, 0.2) is 33.6 Å². The van der Waals surface area contributed by atoms with Crippen LogP contribution in [-0.2, 0) is 6.54 Å². The van der Waals surface area contributed by atoms with Crippen LogP contribution in [0.3, 0.4) is 0 Å². The molecule has 1 aliphatic carbocycles. The zero-order valence-corrected chi connectivity index (χ0v) is 13.8. The normalized spacial score (nSPS) is 21.2. The number of hydrogen-bond donors (Lipinski definition) is 1. The minimum absolute atomic E-state index is 0.0908. The summed E-state index contributed by atoms with van der Waals surface area (Å²) in [5.74, 6) is 2.69. The van der Waals surface area contributed by atoms with Crippen molar-refractivity contribution in [3.63, 3.8) is 0 Å². The SMILES string of the molecule is O=c1[nH]c(CN2CCC[C@H]2c2noc(C3CC3)n2)nc2ccccc12. The zero-order chi connectivity index (χ0) is 16.8. The molecule has 2 fully saturated rings. The minimum Gasteiger partial charge on any atom is -0.339 e. The van der Waals surface area contributed by atoms with E-state index in [0.29, 0.717) is 23.7 Å². The highest BCUT2D eigenvalue weighted by Gasteiger charge is 2.34. The van der Waals surface area contributed by atoms with Crippen molar-refractivity contribution >= 4 is 10.9 Å². The summed E-state index contributed by atoms with van der Waals surface area (Å²) in [4.78, 5) is 26.7. The number of para-hydroxylation sites is 1. The lowest BCUT2D eigenvalue weighted by Gasteiger charge is -2.21. The second-order valence-electron chi connectivity index (χ2n) is 6.92. The van der Waals surface area contributed by atoms with Crippen LogP contribution in [-0.4, -0.2) is 31.6 Å². The highest BCUT2D eigenvalue weighted by molar-refractivity contribution is 5.77. The van der Waals surface area contributed by atoms with E-state index in [0.717, 1.165) is 49.5 Å². The van der Waals surface area contributed by atoms with Crippen molar-refractivity contribution in [1.29, 1.82) is 0 Å². The molecule has 7 nitrogen and oxygen atoms in total. The Kier molecular flexibility index (Phi) is 3.41.